The van der Waals surface area contributed by atoms with E-state index in [4.69, 9.17) is 4.74 Å². The average molecular weight is 353 g/mol. The van der Waals surface area contributed by atoms with E-state index in [1.54, 1.807) is 7.11 Å². The fraction of sp³-hybridized carbons (Fsp3) is 0.647. The minimum atomic E-state index is 0.371. The summed E-state index contributed by atoms with van der Waals surface area (Å²) >= 11 is 3.58. The molecule has 1 spiro atoms. The molecule has 1 heterocycles. The zero-order valence-corrected chi connectivity index (χ0v) is 14.4. The van der Waals surface area contributed by atoms with Gasteiger partial charge in [-0.1, -0.05) is 28.8 Å². The maximum absolute atomic E-state index is 5.53. The lowest BCUT2D eigenvalue weighted by molar-refractivity contribution is 0.201. The van der Waals surface area contributed by atoms with Gasteiger partial charge in [0.05, 0.1) is 7.11 Å². The van der Waals surface area contributed by atoms with Crippen LogP contribution in [0.2, 0.25) is 0 Å². The Morgan fingerprint density at radius 1 is 1.29 bits per heavy atom. The molecule has 2 aliphatic rings. The molecule has 21 heavy (non-hydrogen) atoms. The summed E-state index contributed by atoms with van der Waals surface area (Å²) in [6.45, 7) is 4.48. The van der Waals surface area contributed by atoms with Crippen LogP contribution in [0, 0.1) is 0 Å². The van der Waals surface area contributed by atoms with Crippen LogP contribution in [0.1, 0.15) is 37.7 Å². The molecule has 3 rings (SSSR count). The van der Waals surface area contributed by atoms with Gasteiger partial charge in [-0.05, 0) is 50.6 Å². The summed E-state index contributed by atoms with van der Waals surface area (Å²) in [5, 5.41) is 3.83. The van der Waals surface area contributed by atoms with Crippen molar-refractivity contribution in [3.63, 3.8) is 0 Å². The summed E-state index contributed by atoms with van der Waals surface area (Å²) in [5.41, 5.74) is 1.65. The van der Waals surface area contributed by atoms with Crippen LogP contribution in [0.5, 0.6) is 5.75 Å². The number of nitrogens with one attached hydrogen (secondary N) is 1. The Morgan fingerprint density at radius 3 is 2.86 bits per heavy atom. The van der Waals surface area contributed by atoms with Gasteiger partial charge in [-0.2, -0.15) is 0 Å². The highest BCUT2D eigenvalue weighted by Crippen LogP contribution is 2.33. The molecule has 1 saturated carbocycles. The van der Waals surface area contributed by atoms with Gasteiger partial charge in [-0.25, -0.2) is 0 Å². The number of hydrogen-bond acceptors (Lipinski definition) is 3. The van der Waals surface area contributed by atoms with Gasteiger partial charge in [0.25, 0.3) is 0 Å². The molecule has 0 radical (unpaired) electrons. The standard InChI is InChI=1S/C17H25BrN2O/c1-21-16-6-5-15(18)11-14(16)12-20-10-4-9-19-17(13-20)7-2-3-8-17/h5-6,11,19H,2-4,7-10,12-13H2,1H3. The number of hydrogen-bond donors (Lipinski definition) is 1. The van der Waals surface area contributed by atoms with Crippen molar-refractivity contribution < 1.29 is 4.74 Å². The zero-order chi connectivity index (χ0) is 14.7. The molecule has 0 aromatic heterocycles. The molecule has 1 aromatic carbocycles. The molecule has 1 aliphatic heterocycles. The third-order valence-corrected chi connectivity index (χ3v) is 5.37. The number of benzene rings is 1. The molecule has 4 heteroatoms. The van der Waals surface area contributed by atoms with Gasteiger partial charge in [0.1, 0.15) is 5.75 Å². The van der Waals surface area contributed by atoms with E-state index >= 15 is 0 Å². The lowest BCUT2D eigenvalue weighted by Crippen LogP contribution is -2.49. The van der Waals surface area contributed by atoms with E-state index in [1.807, 2.05) is 6.07 Å². The summed E-state index contributed by atoms with van der Waals surface area (Å²) in [4.78, 5) is 2.61. The maximum atomic E-state index is 5.53. The Hall–Kier alpha value is -0.580. The zero-order valence-electron chi connectivity index (χ0n) is 12.8. The van der Waals surface area contributed by atoms with Gasteiger partial charge in [-0.15, -0.1) is 0 Å². The molecular weight excluding hydrogens is 328 g/mol. The van der Waals surface area contributed by atoms with Crippen molar-refractivity contribution in [1.29, 1.82) is 0 Å². The highest BCUT2D eigenvalue weighted by molar-refractivity contribution is 9.10. The van der Waals surface area contributed by atoms with Gasteiger partial charge >= 0.3 is 0 Å². The van der Waals surface area contributed by atoms with Crippen LogP contribution >= 0.6 is 15.9 Å². The van der Waals surface area contributed by atoms with E-state index in [0.29, 0.717) is 5.54 Å². The first-order valence-electron chi connectivity index (χ1n) is 8.01. The van der Waals surface area contributed by atoms with Crippen LogP contribution in [0.25, 0.3) is 0 Å². The van der Waals surface area contributed by atoms with E-state index in [0.717, 1.165) is 23.3 Å². The Balaban J connectivity index is 1.75. The molecule has 1 aliphatic carbocycles. The second-order valence-electron chi connectivity index (χ2n) is 6.43. The van der Waals surface area contributed by atoms with Crippen LogP contribution in [0.4, 0.5) is 0 Å². The van der Waals surface area contributed by atoms with Gasteiger partial charge in [0.2, 0.25) is 0 Å². The molecule has 1 saturated heterocycles. The van der Waals surface area contributed by atoms with Crippen LogP contribution in [0.3, 0.4) is 0 Å². The summed E-state index contributed by atoms with van der Waals surface area (Å²) in [6.07, 6.45) is 6.65. The summed E-state index contributed by atoms with van der Waals surface area (Å²) < 4.78 is 6.65. The molecule has 1 aromatic rings. The van der Waals surface area contributed by atoms with Gasteiger partial charge in [-0.3, -0.25) is 4.90 Å². The van der Waals surface area contributed by atoms with E-state index in [1.165, 1.54) is 50.8 Å². The lowest BCUT2D eigenvalue weighted by Gasteiger charge is -2.33. The second-order valence-corrected chi connectivity index (χ2v) is 7.35. The number of methoxy groups -OCH3 is 1. The Bertz CT molecular complexity index is 486. The summed E-state index contributed by atoms with van der Waals surface area (Å²) in [5.74, 6) is 0.996. The van der Waals surface area contributed by atoms with Crippen molar-refractivity contribution in [2.24, 2.45) is 0 Å². The van der Waals surface area contributed by atoms with E-state index in [-0.39, 0.29) is 0 Å². The summed E-state index contributed by atoms with van der Waals surface area (Å²) in [6, 6.07) is 6.30. The second kappa shape index (κ2) is 6.67. The highest BCUT2D eigenvalue weighted by Gasteiger charge is 2.36. The van der Waals surface area contributed by atoms with Gasteiger partial charge < -0.3 is 10.1 Å². The molecule has 0 bridgehead atoms. The van der Waals surface area contributed by atoms with Gasteiger partial charge in [0, 0.05) is 28.7 Å². The maximum Gasteiger partial charge on any atom is 0.123 e. The number of halogens is 1. The minimum absolute atomic E-state index is 0.371. The molecule has 0 amide bonds. The van der Waals surface area contributed by atoms with Crippen LogP contribution in [-0.2, 0) is 6.54 Å². The number of ether oxygens (including phenoxy) is 1. The van der Waals surface area contributed by atoms with Crippen LogP contribution < -0.4 is 10.1 Å². The van der Waals surface area contributed by atoms with E-state index in [9.17, 15) is 0 Å². The predicted octanol–water partition coefficient (Wildman–Crippen LogP) is 3.57. The quantitative estimate of drug-likeness (QED) is 0.899. The fourth-order valence-corrected chi connectivity index (χ4v) is 4.26. The first kappa shape index (κ1) is 15.3. The fourth-order valence-electron chi connectivity index (χ4n) is 3.85. The van der Waals surface area contributed by atoms with E-state index < -0.39 is 0 Å². The Kier molecular flexibility index (Phi) is 4.87. The number of rotatable bonds is 3. The molecule has 2 fully saturated rings. The first-order chi connectivity index (χ1) is 10.2. The van der Waals surface area contributed by atoms with Crippen molar-refractivity contribution in [3.8, 4) is 5.75 Å². The highest BCUT2D eigenvalue weighted by atomic mass is 79.9. The third kappa shape index (κ3) is 3.61. The molecule has 0 atom stereocenters. The van der Waals surface area contributed by atoms with E-state index in [2.05, 4.69) is 38.3 Å². The molecule has 1 N–H and O–H groups in total. The molecule has 0 unspecified atom stereocenters. The monoisotopic (exact) mass is 352 g/mol. The predicted molar refractivity (Wildman–Crippen MR) is 89.8 cm³/mol. The average Bonchev–Trinajstić information content (AvgIpc) is 2.82. The number of nitrogens with zero attached hydrogens (tertiary/aromatic N) is 1. The minimum Gasteiger partial charge on any atom is -0.496 e. The van der Waals surface area contributed by atoms with Gasteiger partial charge in [0.15, 0.2) is 0 Å². The summed E-state index contributed by atoms with van der Waals surface area (Å²) in [7, 11) is 1.76. The molecule has 116 valence electrons. The van der Waals surface area contributed by atoms with Crippen molar-refractivity contribution in [1.82, 2.24) is 10.2 Å². The van der Waals surface area contributed by atoms with Crippen molar-refractivity contribution in [3.05, 3.63) is 28.2 Å². The van der Waals surface area contributed by atoms with Crippen molar-refractivity contribution >= 4 is 15.9 Å². The normalized spacial score (nSPS) is 22.4. The largest absolute Gasteiger partial charge is 0.496 e. The smallest absolute Gasteiger partial charge is 0.123 e. The topological polar surface area (TPSA) is 24.5 Å². The molecular formula is C17H25BrN2O. The molecule has 3 nitrogen and oxygen atoms in total. The lowest BCUT2D eigenvalue weighted by atomic mass is 9.97. The first-order valence-corrected chi connectivity index (χ1v) is 8.80. The van der Waals surface area contributed by atoms with Crippen LogP contribution in [-0.4, -0.2) is 37.2 Å². The van der Waals surface area contributed by atoms with Crippen molar-refractivity contribution in [2.45, 2.75) is 44.2 Å². The third-order valence-electron chi connectivity index (χ3n) is 4.87. The Morgan fingerprint density at radius 2 is 2.10 bits per heavy atom. The van der Waals surface area contributed by atoms with Crippen molar-refractivity contribution in [2.75, 3.05) is 26.7 Å². The Labute approximate surface area is 136 Å². The SMILES string of the molecule is COc1ccc(Br)cc1CN1CCCNC2(CCCC2)C1. The van der Waals surface area contributed by atoms with Crippen LogP contribution in [0.15, 0.2) is 22.7 Å².